The lowest BCUT2D eigenvalue weighted by Crippen LogP contribution is -2.39. The molecule has 2 aliphatic heterocycles. The van der Waals surface area contributed by atoms with Crippen LogP contribution in [0.1, 0.15) is 39.0 Å². The van der Waals surface area contributed by atoms with Crippen molar-refractivity contribution in [2.75, 3.05) is 32.8 Å². The van der Waals surface area contributed by atoms with E-state index in [9.17, 15) is 0 Å². The van der Waals surface area contributed by atoms with Crippen LogP contribution in [-0.4, -0.2) is 50.0 Å². The fourth-order valence-corrected chi connectivity index (χ4v) is 2.80. The van der Waals surface area contributed by atoms with E-state index in [1.165, 1.54) is 24.8 Å². The van der Waals surface area contributed by atoms with E-state index in [4.69, 9.17) is 9.47 Å². The molecule has 0 aromatic carbocycles. The van der Waals surface area contributed by atoms with Crippen LogP contribution in [0.25, 0.3) is 0 Å². The van der Waals surface area contributed by atoms with Crippen molar-refractivity contribution in [1.82, 2.24) is 4.90 Å². The normalized spacial score (nSPS) is 27.3. The standard InChI is InChI=1S/C15H27NO2/c1-13(2)11-16-8-6-14(7-9-16)18-12-15-5-3-4-10-17-15/h14-15H,1,3-12H2,2H3/t15-/m1/s1. The largest absolute Gasteiger partial charge is 0.376 e. The Bertz CT molecular complexity index is 253. The number of nitrogens with zero attached hydrogens (tertiary/aromatic N) is 1. The van der Waals surface area contributed by atoms with Gasteiger partial charge < -0.3 is 9.47 Å². The zero-order valence-corrected chi connectivity index (χ0v) is 11.7. The van der Waals surface area contributed by atoms with Crippen LogP contribution in [0.15, 0.2) is 12.2 Å². The number of ether oxygens (including phenoxy) is 2. The SMILES string of the molecule is C=C(C)CN1CCC(OC[C@H]2CCCCO2)CC1. The van der Waals surface area contributed by atoms with Gasteiger partial charge in [-0.15, -0.1) is 0 Å². The van der Waals surface area contributed by atoms with E-state index in [-0.39, 0.29) is 0 Å². The van der Waals surface area contributed by atoms with Gasteiger partial charge in [-0.3, -0.25) is 4.90 Å². The summed E-state index contributed by atoms with van der Waals surface area (Å²) in [4.78, 5) is 2.47. The quantitative estimate of drug-likeness (QED) is 0.703. The van der Waals surface area contributed by atoms with Gasteiger partial charge in [0.15, 0.2) is 0 Å². The molecule has 104 valence electrons. The van der Waals surface area contributed by atoms with Crippen molar-refractivity contribution < 1.29 is 9.47 Å². The third-order valence-electron chi connectivity index (χ3n) is 3.82. The summed E-state index contributed by atoms with van der Waals surface area (Å²) in [5, 5.41) is 0. The van der Waals surface area contributed by atoms with Gasteiger partial charge in [-0.1, -0.05) is 12.2 Å². The Kier molecular flexibility index (Phi) is 5.67. The maximum atomic E-state index is 6.00. The Morgan fingerprint density at radius 1 is 1.28 bits per heavy atom. The van der Waals surface area contributed by atoms with Gasteiger partial charge in [0.2, 0.25) is 0 Å². The highest BCUT2D eigenvalue weighted by molar-refractivity contribution is 4.92. The van der Waals surface area contributed by atoms with Gasteiger partial charge in [-0.05, 0) is 39.0 Å². The number of hydrogen-bond donors (Lipinski definition) is 0. The summed E-state index contributed by atoms with van der Waals surface area (Å²) in [5.41, 5.74) is 1.25. The maximum Gasteiger partial charge on any atom is 0.0808 e. The topological polar surface area (TPSA) is 21.7 Å². The molecule has 0 aromatic heterocycles. The van der Waals surface area contributed by atoms with Crippen LogP contribution in [0.2, 0.25) is 0 Å². The average Bonchev–Trinajstić information content (AvgIpc) is 2.38. The Morgan fingerprint density at radius 2 is 2.06 bits per heavy atom. The van der Waals surface area contributed by atoms with Crippen molar-refractivity contribution in [2.24, 2.45) is 0 Å². The first kappa shape index (κ1) is 14.0. The molecule has 0 aliphatic carbocycles. The molecule has 2 heterocycles. The van der Waals surface area contributed by atoms with E-state index < -0.39 is 0 Å². The summed E-state index contributed by atoms with van der Waals surface area (Å²) in [6.07, 6.45) is 6.79. The number of piperidine rings is 1. The summed E-state index contributed by atoms with van der Waals surface area (Å²) < 4.78 is 11.7. The van der Waals surface area contributed by atoms with Crippen LogP contribution in [-0.2, 0) is 9.47 Å². The van der Waals surface area contributed by atoms with Crippen molar-refractivity contribution in [3.05, 3.63) is 12.2 Å². The smallest absolute Gasteiger partial charge is 0.0808 e. The second-order valence-electron chi connectivity index (χ2n) is 5.75. The van der Waals surface area contributed by atoms with Crippen LogP contribution in [0.5, 0.6) is 0 Å². The Hall–Kier alpha value is -0.380. The predicted octanol–water partition coefficient (Wildman–Crippen LogP) is 2.61. The second-order valence-corrected chi connectivity index (χ2v) is 5.75. The van der Waals surface area contributed by atoms with Crippen LogP contribution in [0, 0.1) is 0 Å². The van der Waals surface area contributed by atoms with Crippen LogP contribution in [0.4, 0.5) is 0 Å². The first-order chi connectivity index (χ1) is 8.74. The summed E-state index contributed by atoms with van der Waals surface area (Å²) in [6.45, 7) is 11.1. The van der Waals surface area contributed by atoms with E-state index in [0.717, 1.165) is 45.7 Å². The summed E-state index contributed by atoms with van der Waals surface area (Å²) in [7, 11) is 0. The third kappa shape index (κ3) is 4.71. The van der Waals surface area contributed by atoms with Crippen molar-refractivity contribution in [2.45, 2.75) is 51.2 Å². The number of likely N-dealkylation sites (tertiary alicyclic amines) is 1. The highest BCUT2D eigenvalue weighted by Gasteiger charge is 2.21. The van der Waals surface area contributed by atoms with Gasteiger partial charge >= 0.3 is 0 Å². The molecule has 0 unspecified atom stereocenters. The number of hydrogen-bond acceptors (Lipinski definition) is 3. The fourth-order valence-electron chi connectivity index (χ4n) is 2.80. The van der Waals surface area contributed by atoms with Crippen LogP contribution < -0.4 is 0 Å². The molecule has 0 spiro atoms. The average molecular weight is 253 g/mol. The first-order valence-corrected chi connectivity index (χ1v) is 7.34. The van der Waals surface area contributed by atoms with E-state index in [2.05, 4.69) is 18.4 Å². The zero-order chi connectivity index (χ0) is 12.8. The van der Waals surface area contributed by atoms with Gasteiger partial charge in [-0.25, -0.2) is 0 Å². The fraction of sp³-hybridized carbons (Fsp3) is 0.867. The van der Waals surface area contributed by atoms with Crippen LogP contribution >= 0.6 is 0 Å². The molecule has 0 N–H and O–H groups in total. The third-order valence-corrected chi connectivity index (χ3v) is 3.82. The molecule has 2 rings (SSSR count). The lowest BCUT2D eigenvalue weighted by molar-refractivity contribution is -0.0744. The van der Waals surface area contributed by atoms with E-state index in [1.54, 1.807) is 0 Å². The van der Waals surface area contributed by atoms with Crippen molar-refractivity contribution >= 4 is 0 Å². The Labute approximate surface area is 111 Å². The molecule has 2 fully saturated rings. The molecule has 2 saturated heterocycles. The predicted molar refractivity (Wildman–Crippen MR) is 73.8 cm³/mol. The van der Waals surface area contributed by atoms with Gasteiger partial charge in [0, 0.05) is 26.2 Å². The molecule has 0 saturated carbocycles. The minimum atomic E-state index is 0.354. The zero-order valence-electron chi connectivity index (χ0n) is 11.7. The van der Waals surface area contributed by atoms with Crippen LogP contribution in [0.3, 0.4) is 0 Å². The van der Waals surface area contributed by atoms with Crippen molar-refractivity contribution in [3.8, 4) is 0 Å². The molecule has 0 aromatic rings. The highest BCUT2D eigenvalue weighted by atomic mass is 16.5. The lowest BCUT2D eigenvalue weighted by atomic mass is 10.1. The monoisotopic (exact) mass is 253 g/mol. The molecule has 1 atom stereocenters. The highest BCUT2D eigenvalue weighted by Crippen LogP contribution is 2.18. The lowest BCUT2D eigenvalue weighted by Gasteiger charge is -2.33. The summed E-state index contributed by atoms with van der Waals surface area (Å²) in [5.74, 6) is 0. The van der Waals surface area contributed by atoms with E-state index in [1.807, 2.05) is 0 Å². The summed E-state index contributed by atoms with van der Waals surface area (Å²) >= 11 is 0. The molecule has 0 bridgehead atoms. The van der Waals surface area contributed by atoms with Crippen molar-refractivity contribution in [3.63, 3.8) is 0 Å². The Morgan fingerprint density at radius 3 is 2.67 bits per heavy atom. The Balaban J connectivity index is 1.59. The molecular weight excluding hydrogens is 226 g/mol. The molecule has 3 nitrogen and oxygen atoms in total. The summed E-state index contributed by atoms with van der Waals surface area (Å²) in [6, 6.07) is 0. The van der Waals surface area contributed by atoms with E-state index >= 15 is 0 Å². The number of rotatable bonds is 5. The molecule has 2 aliphatic rings. The van der Waals surface area contributed by atoms with Gasteiger partial charge in [0.05, 0.1) is 18.8 Å². The molecule has 18 heavy (non-hydrogen) atoms. The molecule has 0 amide bonds. The van der Waals surface area contributed by atoms with Gasteiger partial charge in [0.25, 0.3) is 0 Å². The molecule has 3 heteroatoms. The van der Waals surface area contributed by atoms with Crippen molar-refractivity contribution in [1.29, 1.82) is 0 Å². The maximum absolute atomic E-state index is 6.00. The molecule has 0 radical (unpaired) electrons. The first-order valence-electron chi connectivity index (χ1n) is 7.34. The van der Waals surface area contributed by atoms with Gasteiger partial charge in [0.1, 0.15) is 0 Å². The minimum Gasteiger partial charge on any atom is -0.376 e. The molecular formula is C15H27NO2. The van der Waals surface area contributed by atoms with Gasteiger partial charge in [-0.2, -0.15) is 0 Å². The minimum absolute atomic E-state index is 0.354. The van der Waals surface area contributed by atoms with E-state index in [0.29, 0.717) is 12.2 Å². The second kappa shape index (κ2) is 7.27.